The van der Waals surface area contributed by atoms with Crippen molar-refractivity contribution in [1.82, 2.24) is 5.43 Å². The lowest BCUT2D eigenvalue weighted by Crippen LogP contribution is -2.42. The van der Waals surface area contributed by atoms with Crippen LogP contribution in [0.4, 0.5) is 0 Å². The summed E-state index contributed by atoms with van der Waals surface area (Å²) in [6, 6.07) is 0. The molecule has 2 unspecified atom stereocenters. The SMILES string of the molecule is COC1=CC=C(C(CNN=N)(N=NN)C2=CCC(OC)C=C2)CC1. The summed E-state index contributed by atoms with van der Waals surface area (Å²) in [5.74, 6) is 6.34. The summed E-state index contributed by atoms with van der Waals surface area (Å²) < 4.78 is 10.6. The molecule has 0 heterocycles. The van der Waals surface area contributed by atoms with Crippen LogP contribution in [0.1, 0.15) is 19.3 Å². The third-order valence-electron chi connectivity index (χ3n) is 4.39. The van der Waals surface area contributed by atoms with Gasteiger partial charge in [0.15, 0.2) is 0 Å². The lowest BCUT2D eigenvalue weighted by Gasteiger charge is -2.34. The average Bonchev–Trinajstić information content (AvgIpc) is 2.65. The number of hydrogen-bond donors (Lipinski definition) is 3. The minimum Gasteiger partial charge on any atom is -0.501 e. The molecule has 0 aromatic carbocycles. The molecule has 0 aromatic heterocycles. The number of allylic oxidation sites excluding steroid dienone is 3. The Morgan fingerprint density at radius 2 is 2.21 bits per heavy atom. The minimum absolute atomic E-state index is 0.0513. The van der Waals surface area contributed by atoms with Crippen molar-refractivity contribution in [1.29, 1.82) is 5.53 Å². The van der Waals surface area contributed by atoms with Gasteiger partial charge in [0.05, 0.1) is 25.5 Å². The van der Waals surface area contributed by atoms with Crippen LogP contribution in [0.2, 0.25) is 0 Å². The van der Waals surface area contributed by atoms with Crippen molar-refractivity contribution in [3.8, 4) is 0 Å². The van der Waals surface area contributed by atoms with Crippen LogP contribution < -0.4 is 11.3 Å². The van der Waals surface area contributed by atoms with Gasteiger partial charge in [-0.1, -0.05) is 34.8 Å². The van der Waals surface area contributed by atoms with Crippen molar-refractivity contribution in [2.45, 2.75) is 30.9 Å². The fraction of sp³-hybridized carbons (Fsp3) is 0.500. The van der Waals surface area contributed by atoms with E-state index in [1.165, 1.54) is 0 Å². The van der Waals surface area contributed by atoms with Gasteiger partial charge in [-0.25, -0.2) is 0 Å². The zero-order chi connectivity index (χ0) is 17.4. The maximum Gasteiger partial charge on any atom is 0.148 e. The molecular weight excluding hydrogens is 308 g/mol. The van der Waals surface area contributed by atoms with Gasteiger partial charge in [-0.2, -0.15) is 10.6 Å². The second-order valence-electron chi connectivity index (χ2n) is 5.58. The molecule has 0 radical (unpaired) electrons. The highest BCUT2D eigenvalue weighted by molar-refractivity contribution is 5.47. The molecule has 0 saturated heterocycles. The lowest BCUT2D eigenvalue weighted by molar-refractivity contribution is 0.142. The second-order valence-corrected chi connectivity index (χ2v) is 5.58. The van der Waals surface area contributed by atoms with Gasteiger partial charge in [-0.15, -0.1) is 0 Å². The topological polar surface area (TPSA) is 117 Å². The molecular formula is C16H24N6O2. The zero-order valence-corrected chi connectivity index (χ0v) is 14.0. The Morgan fingerprint density at radius 1 is 1.38 bits per heavy atom. The van der Waals surface area contributed by atoms with Crippen LogP contribution in [0, 0.1) is 5.53 Å². The Hall–Kier alpha value is -2.48. The van der Waals surface area contributed by atoms with Crippen LogP contribution in [0.5, 0.6) is 0 Å². The van der Waals surface area contributed by atoms with Crippen molar-refractivity contribution in [2.24, 2.45) is 21.4 Å². The highest BCUT2D eigenvalue weighted by Gasteiger charge is 2.39. The summed E-state index contributed by atoms with van der Waals surface area (Å²) in [6.45, 7) is 0.299. The van der Waals surface area contributed by atoms with Gasteiger partial charge in [-0.3, -0.25) is 5.43 Å². The van der Waals surface area contributed by atoms with E-state index in [9.17, 15) is 0 Å². The van der Waals surface area contributed by atoms with Gasteiger partial charge in [0.25, 0.3) is 0 Å². The van der Waals surface area contributed by atoms with Crippen molar-refractivity contribution in [2.75, 3.05) is 20.8 Å². The van der Waals surface area contributed by atoms with Crippen LogP contribution in [-0.2, 0) is 9.47 Å². The number of hydrogen-bond acceptors (Lipinski definition) is 6. The molecule has 0 saturated carbocycles. The first-order chi connectivity index (χ1) is 11.7. The molecule has 0 spiro atoms. The van der Waals surface area contributed by atoms with E-state index in [1.807, 2.05) is 24.3 Å². The fourth-order valence-corrected chi connectivity index (χ4v) is 3.03. The van der Waals surface area contributed by atoms with E-state index in [0.717, 1.165) is 36.2 Å². The van der Waals surface area contributed by atoms with Gasteiger partial charge in [0.1, 0.15) is 5.54 Å². The number of nitrogens with two attached hydrogens (primary N) is 1. The van der Waals surface area contributed by atoms with Crippen molar-refractivity contribution in [3.63, 3.8) is 0 Å². The predicted molar refractivity (Wildman–Crippen MR) is 90.0 cm³/mol. The number of rotatable bonds is 8. The smallest absolute Gasteiger partial charge is 0.148 e. The summed E-state index contributed by atoms with van der Waals surface area (Å²) in [4.78, 5) is 0. The van der Waals surface area contributed by atoms with Crippen LogP contribution >= 0.6 is 0 Å². The number of methoxy groups -OCH3 is 2. The van der Waals surface area contributed by atoms with Crippen molar-refractivity contribution >= 4 is 0 Å². The second kappa shape index (κ2) is 8.39. The lowest BCUT2D eigenvalue weighted by atomic mass is 9.77. The summed E-state index contributed by atoms with van der Waals surface area (Å²) >= 11 is 0. The molecule has 2 atom stereocenters. The van der Waals surface area contributed by atoms with Crippen molar-refractivity contribution in [3.05, 3.63) is 47.3 Å². The Bertz CT molecular complexity index is 608. The number of nitrogens with one attached hydrogen (secondary N) is 2. The Kier molecular flexibility index (Phi) is 6.25. The molecule has 0 bridgehead atoms. The van der Waals surface area contributed by atoms with Gasteiger partial charge in [0.2, 0.25) is 0 Å². The zero-order valence-electron chi connectivity index (χ0n) is 14.0. The molecule has 8 nitrogen and oxygen atoms in total. The predicted octanol–water partition coefficient (Wildman–Crippen LogP) is 2.74. The van der Waals surface area contributed by atoms with E-state index < -0.39 is 5.54 Å². The van der Waals surface area contributed by atoms with E-state index in [0.29, 0.717) is 6.54 Å². The highest BCUT2D eigenvalue weighted by atomic mass is 16.5. The van der Waals surface area contributed by atoms with E-state index in [1.54, 1.807) is 14.2 Å². The molecule has 2 aliphatic rings. The maximum atomic E-state index is 7.07. The Morgan fingerprint density at radius 3 is 2.71 bits per heavy atom. The first kappa shape index (κ1) is 17.9. The molecule has 4 N–H and O–H groups in total. The quantitative estimate of drug-likeness (QED) is 0.360. The molecule has 0 aromatic rings. The standard InChI is InChI=1S/C16H24N6O2/c1-23-14-7-3-12(4-8-14)16(20-22-18,11-19-21-17)13-5-9-15(24-2)10-6-13/h3-5,7,9,14H,6,8,10-11H2,1-2H3,(H2,17,19)(H2,18,20). The molecule has 2 rings (SSSR count). The highest BCUT2D eigenvalue weighted by Crippen LogP contribution is 2.38. The van der Waals surface area contributed by atoms with Crippen LogP contribution in [-0.4, -0.2) is 32.4 Å². The summed E-state index contributed by atoms with van der Waals surface area (Å²) in [6.07, 6.45) is 12.3. The summed E-state index contributed by atoms with van der Waals surface area (Å²) in [7, 11) is 3.34. The van der Waals surface area contributed by atoms with Crippen molar-refractivity contribution < 1.29 is 9.47 Å². The van der Waals surface area contributed by atoms with Gasteiger partial charge >= 0.3 is 0 Å². The normalized spacial score (nSPS) is 23.1. The van der Waals surface area contributed by atoms with Crippen LogP contribution in [0.15, 0.2) is 62.8 Å². The van der Waals surface area contributed by atoms with E-state index >= 15 is 0 Å². The summed E-state index contributed by atoms with van der Waals surface area (Å²) in [5, 5.41) is 11.2. The monoisotopic (exact) mass is 332 g/mol. The molecule has 2 aliphatic carbocycles. The summed E-state index contributed by atoms with van der Waals surface area (Å²) in [5.41, 5.74) is 11.0. The van der Waals surface area contributed by atoms with Gasteiger partial charge < -0.3 is 15.3 Å². The first-order valence-corrected chi connectivity index (χ1v) is 7.77. The first-order valence-electron chi connectivity index (χ1n) is 7.77. The van der Waals surface area contributed by atoms with E-state index in [2.05, 4.69) is 27.1 Å². The van der Waals surface area contributed by atoms with Crippen LogP contribution in [0.3, 0.4) is 0 Å². The molecule has 8 heteroatoms. The number of nitrogens with zero attached hydrogens (tertiary/aromatic N) is 3. The molecule has 24 heavy (non-hydrogen) atoms. The van der Waals surface area contributed by atoms with Gasteiger partial charge in [-0.05, 0) is 30.1 Å². The number of ether oxygens (including phenoxy) is 2. The molecule has 130 valence electrons. The maximum absolute atomic E-state index is 7.07. The van der Waals surface area contributed by atoms with E-state index in [4.69, 9.17) is 20.8 Å². The third kappa shape index (κ3) is 3.70. The Labute approximate surface area is 141 Å². The fourth-order valence-electron chi connectivity index (χ4n) is 3.03. The van der Waals surface area contributed by atoms with Crippen LogP contribution in [0.25, 0.3) is 0 Å². The molecule has 0 fully saturated rings. The van der Waals surface area contributed by atoms with E-state index in [-0.39, 0.29) is 6.10 Å². The Balaban J connectivity index is 2.43. The molecule has 0 amide bonds. The third-order valence-corrected chi connectivity index (χ3v) is 4.39. The average molecular weight is 332 g/mol. The molecule has 0 aliphatic heterocycles. The van der Waals surface area contributed by atoms with Gasteiger partial charge in [0, 0.05) is 13.5 Å². The minimum atomic E-state index is -0.801. The largest absolute Gasteiger partial charge is 0.501 e.